The molecule has 0 aromatic carbocycles. The van der Waals surface area contributed by atoms with Crippen molar-refractivity contribution in [3.05, 3.63) is 0 Å². The van der Waals surface area contributed by atoms with Gasteiger partial charge in [0.15, 0.2) is 0 Å². The summed E-state index contributed by atoms with van der Waals surface area (Å²) in [7, 11) is 0. The van der Waals surface area contributed by atoms with Crippen LogP contribution in [-0.2, 0) is 0 Å². The molecule has 8 heteroatoms. The molecule has 4 atom stereocenters. The minimum absolute atomic E-state index is 0. The van der Waals surface area contributed by atoms with Gasteiger partial charge in [-0.1, -0.05) is 0 Å². The van der Waals surface area contributed by atoms with Crippen LogP contribution >= 0.6 is 24.8 Å². The van der Waals surface area contributed by atoms with Gasteiger partial charge in [-0.05, 0) is 25.9 Å². The highest BCUT2D eigenvalue weighted by Gasteiger charge is 2.23. The number of nitrogens with one attached hydrogen (secondary N) is 2. The lowest BCUT2D eigenvalue weighted by molar-refractivity contribution is 0.111. The summed E-state index contributed by atoms with van der Waals surface area (Å²) in [6.45, 7) is 2.47. The van der Waals surface area contributed by atoms with E-state index in [0.717, 1.165) is 25.9 Å². The molecule has 20 heavy (non-hydrogen) atoms. The molecule has 2 fully saturated rings. The van der Waals surface area contributed by atoms with E-state index in [1.165, 1.54) is 0 Å². The van der Waals surface area contributed by atoms with Crippen LogP contribution in [-0.4, -0.2) is 61.9 Å². The Morgan fingerprint density at radius 2 is 1.15 bits per heavy atom. The number of rotatable bonds is 2. The van der Waals surface area contributed by atoms with Gasteiger partial charge in [-0.3, -0.25) is 0 Å². The molecular weight excluding hydrogens is 313 g/mol. The molecule has 0 spiro atoms. The number of halogens is 4. The van der Waals surface area contributed by atoms with E-state index in [1.54, 1.807) is 0 Å². The fourth-order valence-electron chi connectivity index (χ4n) is 2.16. The molecule has 2 saturated heterocycles. The molecule has 124 valence electrons. The number of hydrogen-bond acceptors (Lipinski definition) is 4. The van der Waals surface area contributed by atoms with E-state index in [9.17, 15) is 8.78 Å². The standard InChI is InChI=1S/2C6H12FNO.2ClH/c2*7-6-3-8-2-1-5(6)4-9;;/h2*5-6,8-9H,1-4H2;2*1H/t2*5-,6-;;/m10../s1. The van der Waals surface area contributed by atoms with Crippen molar-refractivity contribution < 1.29 is 19.0 Å². The van der Waals surface area contributed by atoms with Gasteiger partial charge in [0.2, 0.25) is 0 Å². The van der Waals surface area contributed by atoms with Gasteiger partial charge in [0.25, 0.3) is 0 Å². The van der Waals surface area contributed by atoms with Gasteiger partial charge < -0.3 is 20.8 Å². The van der Waals surface area contributed by atoms with E-state index in [4.69, 9.17) is 10.2 Å². The van der Waals surface area contributed by atoms with Crippen LogP contribution in [0.4, 0.5) is 8.78 Å². The van der Waals surface area contributed by atoms with Crippen LogP contribution in [0.1, 0.15) is 12.8 Å². The molecule has 0 bridgehead atoms. The second-order valence-corrected chi connectivity index (χ2v) is 4.90. The largest absolute Gasteiger partial charge is 0.396 e. The molecule has 0 radical (unpaired) electrons. The van der Waals surface area contributed by atoms with Crippen molar-refractivity contribution in [3.8, 4) is 0 Å². The van der Waals surface area contributed by atoms with Crippen LogP contribution in [0.3, 0.4) is 0 Å². The molecule has 0 aliphatic carbocycles. The Balaban J connectivity index is 0. The fourth-order valence-corrected chi connectivity index (χ4v) is 2.16. The molecule has 0 aromatic heterocycles. The molecular formula is C12H26Cl2F2N2O2. The molecule has 0 unspecified atom stereocenters. The maximum absolute atomic E-state index is 12.6. The second-order valence-electron chi connectivity index (χ2n) is 4.90. The molecule has 2 aliphatic heterocycles. The average Bonchev–Trinajstić information content (AvgIpc) is 2.41. The minimum atomic E-state index is -0.844. The van der Waals surface area contributed by atoms with E-state index in [-0.39, 0.29) is 49.9 Å². The zero-order chi connectivity index (χ0) is 13.4. The highest BCUT2D eigenvalue weighted by atomic mass is 35.5. The highest BCUT2D eigenvalue weighted by Crippen LogP contribution is 2.14. The molecule has 0 saturated carbocycles. The maximum atomic E-state index is 12.6. The highest BCUT2D eigenvalue weighted by molar-refractivity contribution is 5.85. The summed E-state index contributed by atoms with van der Waals surface area (Å²) in [5, 5.41) is 23.0. The molecule has 2 rings (SSSR count). The zero-order valence-electron chi connectivity index (χ0n) is 11.4. The first-order valence-electron chi connectivity index (χ1n) is 6.60. The lowest BCUT2D eigenvalue weighted by atomic mass is 9.97. The first-order chi connectivity index (χ1) is 8.69. The van der Waals surface area contributed by atoms with Crippen molar-refractivity contribution in [2.75, 3.05) is 39.4 Å². The van der Waals surface area contributed by atoms with Crippen LogP contribution in [0.2, 0.25) is 0 Å². The van der Waals surface area contributed by atoms with Gasteiger partial charge in [-0.2, -0.15) is 0 Å². The lowest BCUT2D eigenvalue weighted by Crippen LogP contribution is -2.39. The van der Waals surface area contributed by atoms with E-state index < -0.39 is 12.3 Å². The Kier molecular flexibility index (Phi) is 14.6. The third-order valence-corrected chi connectivity index (χ3v) is 3.55. The molecule has 0 aromatic rings. The van der Waals surface area contributed by atoms with Crippen LogP contribution in [0, 0.1) is 11.8 Å². The smallest absolute Gasteiger partial charge is 0.118 e. The Hall–Kier alpha value is 0.280. The first-order valence-corrected chi connectivity index (χ1v) is 6.60. The Bertz CT molecular complexity index is 210. The monoisotopic (exact) mass is 338 g/mol. The summed E-state index contributed by atoms with van der Waals surface area (Å²) in [5.41, 5.74) is 0. The second kappa shape index (κ2) is 13.0. The van der Waals surface area contributed by atoms with Gasteiger partial charge in [0.05, 0.1) is 0 Å². The average molecular weight is 339 g/mol. The van der Waals surface area contributed by atoms with Crippen LogP contribution in [0.5, 0.6) is 0 Å². The summed E-state index contributed by atoms with van der Waals surface area (Å²) in [6.07, 6.45) is -0.164. The van der Waals surface area contributed by atoms with Crippen LogP contribution in [0.15, 0.2) is 0 Å². The molecule has 4 nitrogen and oxygen atoms in total. The predicted octanol–water partition coefficient (Wildman–Crippen LogP) is 0.696. The number of alkyl halides is 2. The molecule has 0 amide bonds. The molecule has 2 heterocycles. The van der Waals surface area contributed by atoms with Gasteiger partial charge in [0.1, 0.15) is 12.3 Å². The lowest BCUT2D eigenvalue weighted by Gasteiger charge is -2.24. The van der Waals surface area contributed by atoms with Gasteiger partial charge >= 0.3 is 0 Å². The van der Waals surface area contributed by atoms with Gasteiger partial charge in [-0.15, -0.1) is 24.8 Å². The van der Waals surface area contributed by atoms with E-state index in [2.05, 4.69) is 10.6 Å². The van der Waals surface area contributed by atoms with E-state index in [0.29, 0.717) is 13.1 Å². The number of piperidine rings is 2. The third-order valence-electron chi connectivity index (χ3n) is 3.55. The quantitative estimate of drug-likeness (QED) is 0.598. The van der Waals surface area contributed by atoms with Gasteiger partial charge in [0, 0.05) is 38.1 Å². The van der Waals surface area contributed by atoms with Crippen molar-refractivity contribution in [3.63, 3.8) is 0 Å². The van der Waals surface area contributed by atoms with Crippen molar-refractivity contribution in [2.45, 2.75) is 25.2 Å². The van der Waals surface area contributed by atoms with Crippen molar-refractivity contribution in [1.29, 1.82) is 0 Å². The SMILES string of the molecule is Cl.Cl.OC[C@@H]1CCNC[C@@H]1F.OC[C@H]1CCNC[C@H]1F. The van der Waals surface area contributed by atoms with Crippen LogP contribution in [0.25, 0.3) is 0 Å². The normalized spacial score (nSPS) is 33.0. The van der Waals surface area contributed by atoms with E-state index >= 15 is 0 Å². The topological polar surface area (TPSA) is 64.5 Å². The summed E-state index contributed by atoms with van der Waals surface area (Å²) in [4.78, 5) is 0. The zero-order valence-corrected chi connectivity index (χ0v) is 13.1. The fraction of sp³-hybridized carbons (Fsp3) is 1.00. The number of aliphatic hydroxyl groups excluding tert-OH is 2. The summed E-state index contributed by atoms with van der Waals surface area (Å²) in [6, 6.07) is 0. The Morgan fingerprint density at radius 1 is 0.800 bits per heavy atom. The molecule has 2 aliphatic rings. The van der Waals surface area contributed by atoms with Crippen LogP contribution < -0.4 is 10.6 Å². The maximum Gasteiger partial charge on any atom is 0.118 e. The summed E-state index contributed by atoms with van der Waals surface area (Å²) in [5.74, 6) is -0.238. The molecule has 4 N–H and O–H groups in total. The number of aliphatic hydroxyl groups is 2. The van der Waals surface area contributed by atoms with Crippen molar-refractivity contribution in [2.24, 2.45) is 11.8 Å². The Labute approximate surface area is 131 Å². The summed E-state index contributed by atoms with van der Waals surface area (Å²) < 4.78 is 25.3. The summed E-state index contributed by atoms with van der Waals surface area (Å²) >= 11 is 0. The van der Waals surface area contributed by atoms with Gasteiger partial charge in [-0.25, -0.2) is 8.78 Å². The predicted molar refractivity (Wildman–Crippen MR) is 80.4 cm³/mol. The minimum Gasteiger partial charge on any atom is -0.396 e. The Morgan fingerprint density at radius 3 is 1.35 bits per heavy atom. The third kappa shape index (κ3) is 7.90. The van der Waals surface area contributed by atoms with E-state index in [1.807, 2.05) is 0 Å². The first kappa shape index (κ1) is 22.6. The van der Waals surface area contributed by atoms with Crippen molar-refractivity contribution in [1.82, 2.24) is 10.6 Å². The number of hydrogen-bond donors (Lipinski definition) is 4. The van der Waals surface area contributed by atoms with Crippen molar-refractivity contribution >= 4 is 24.8 Å².